The van der Waals surface area contributed by atoms with Gasteiger partial charge in [-0.05, 0) is 43.3 Å². The molecule has 1 aliphatic carbocycles. The first-order valence-corrected chi connectivity index (χ1v) is 50.9. The number of halogens is 3. The van der Waals surface area contributed by atoms with Gasteiger partial charge in [-0.25, -0.2) is 0 Å². The van der Waals surface area contributed by atoms with Crippen molar-refractivity contribution in [2.75, 3.05) is 0 Å². The van der Waals surface area contributed by atoms with E-state index in [9.17, 15) is 0 Å². The highest BCUT2D eigenvalue weighted by Gasteiger charge is 2.57. The molecule has 0 radical (unpaired) electrons. The summed E-state index contributed by atoms with van der Waals surface area (Å²) in [5.74, 6) is -1.42. The van der Waals surface area contributed by atoms with Gasteiger partial charge in [0.1, 0.15) is 0 Å². The summed E-state index contributed by atoms with van der Waals surface area (Å²) < 4.78 is 50.2. The summed E-state index contributed by atoms with van der Waals surface area (Å²) in [5, 5.41) is 8.84. The Bertz CT molecular complexity index is 2240. The van der Waals surface area contributed by atoms with Gasteiger partial charge in [-0.2, -0.15) is 13.2 Å². The zero-order valence-electron chi connectivity index (χ0n) is 59.6. The minimum Gasteiger partial charge on any atom is -0.269 e. The van der Waals surface area contributed by atoms with Gasteiger partial charge in [0.15, 0.2) is 0 Å². The molecule has 89 heavy (non-hydrogen) atoms. The standard InChI is InChI=1S/C79H134F3NP2Si4/c1-13-25-56-86(57-26-14-2,58-27-15-3)72-47-39-68(40-48-72)78(69-41-49-73(50-42-69)87(59-28-16-4,60-29-17-5)61-30-18-6)55-37-38-76(79(80,81)82)77(78)84-83-85(70-43-51-74(52-44-70)88(62-31-19-7,63-32-20-8)64-33-21-9)71-45-53-75(54-46-71)89(65-34-22-10,66-35-23-11)67-36-24-12/h39-54,76-77,83-84H,13-38,55-67H2,1-12H3. The third-order valence-electron chi connectivity index (χ3n) is 22.4. The highest BCUT2D eigenvalue weighted by atomic mass is 31.2. The van der Waals surface area contributed by atoms with Crippen molar-refractivity contribution >= 4 is 80.5 Å². The van der Waals surface area contributed by atoms with Gasteiger partial charge in [0, 0.05) is 19.1 Å². The molecule has 4 aromatic rings. The number of benzene rings is 4. The van der Waals surface area contributed by atoms with Crippen LogP contribution in [0.2, 0.25) is 72.5 Å². The van der Waals surface area contributed by atoms with Crippen molar-refractivity contribution < 1.29 is 13.2 Å². The summed E-state index contributed by atoms with van der Waals surface area (Å²) >= 11 is 0. The van der Waals surface area contributed by atoms with E-state index in [-0.39, 0.29) is 15.2 Å². The summed E-state index contributed by atoms with van der Waals surface area (Å²) in [7, 11) is -8.69. The smallest absolute Gasteiger partial charge is 0.269 e. The van der Waals surface area contributed by atoms with Gasteiger partial charge in [0.25, 0.3) is 0 Å². The van der Waals surface area contributed by atoms with Crippen LogP contribution in [0.1, 0.15) is 268 Å². The monoisotopic (exact) mass is 1330 g/mol. The van der Waals surface area contributed by atoms with E-state index in [0.29, 0.717) is 6.42 Å². The third kappa shape index (κ3) is 21.2. The first-order chi connectivity index (χ1) is 43.1. The van der Waals surface area contributed by atoms with Crippen molar-refractivity contribution in [3.05, 3.63) is 108 Å². The summed E-state index contributed by atoms with van der Waals surface area (Å²) in [6.45, 7) is 28.2. The van der Waals surface area contributed by atoms with Gasteiger partial charge in [-0.15, -0.1) is 0 Å². The second-order valence-corrected chi connectivity index (χ2v) is 50.8. The molecule has 502 valence electrons. The number of hydrogen-bond donors (Lipinski definition) is 1. The largest absolute Gasteiger partial charge is 0.392 e. The fourth-order valence-electron chi connectivity index (χ4n) is 16.7. The van der Waals surface area contributed by atoms with Gasteiger partial charge in [0.2, 0.25) is 0 Å². The highest BCUT2D eigenvalue weighted by Crippen LogP contribution is 2.58. The van der Waals surface area contributed by atoms with Crippen molar-refractivity contribution in [2.45, 2.75) is 346 Å². The quantitative estimate of drug-likeness (QED) is 0.0343. The van der Waals surface area contributed by atoms with Crippen LogP contribution in [0.3, 0.4) is 0 Å². The maximum Gasteiger partial charge on any atom is 0.392 e. The van der Waals surface area contributed by atoms with Crippen molar-refractivity contribution in [1.29, 1.82) is 0 Å². The molecular weight excluding hydrogens is 1190 g/mol. The zero-order chi connectivity index (χ0) is 64.7. The lowest BCUT2D eigenvalue weighted by Crippen LogP contribution is -2.52. The van der Waals surface area contributed by atoms with Crippen LogP contribution in [0.4, 0.5) is 13.2 Å². The van der Waals surface area contributed by atoms with Gasteiger partial charge in [0.05, 0.1) is 38.2 Å². The Hall–Kier alpha value is -1.64. The van der Waals surface area contributed by atoms with Crippen LogP contribution in [-0.2, 0) is 5.41 Å². The minimum absolute atomic E-state index is 0.0932. The molecule has 0 aromatic heterocycles. The number of rotatable bonds is 47. The van der Waals surface area contributed by atoms with Crippen molar-refractivity contribution in [3.63, 3.8) is 0 Å². The first-order valence-electron chi connectivity index (χ1n) is 38.0. The van der Waals surface area contributed by atoms with Gasteiger partial charge >= 0.3 is 6.18 Å². The molecule has 5 rings (SSSR count). The molecular formula is C79H134F3NP2Si4. The van der Waals surface area contributed by atoms with E-state index < -0.39 is 63.5 Å². The zero-order valence-corrected chi connectivity index (χ0v) is 65.4. The molecule has 0 heterocycles. The maximum atomic E-state index is 16.7. The van der Waals surface area contributed by atoms with Crippen LogP contribution in [0, 0.1) is 5.92 Å². The first kappa shape index (κ1) is 78.1. The third-order valence-corrected chi connectivity index (χ3v) is 48.6. The molecule has 1 aliphatic rings. The lowest BCUT2D eigenvalue weighted by molar-refractivity contribution is -0.184. The van der Waals surface area contributed by atoms with Crippen LogP contribution < -0.4 is 36.2 Å². The number of nitrogens with one attached hydrogen (secondary N) is 1. The molecule has 1 saturated carbocycles. The van der Waals surface area contributed by atoms with E-state index in [1.807, 2.05) is 0 Å². The van der Waals surface area contributed by atoms with Crippen molar-refractivity contribution in [3.8, 4) is 0 Å². The Labute approximate surface area is 555 Å². The fraction of sp³-hybridized carbons (Fsp3) is 0.696. The van der Waals surface area contributed by atoms with Gasteiger partial charge in [-0.3, -0.25) is 4.86 Å². The Kier molecular flexibility index (Phi) is 35.7. The molecule has 3 atom stereocenters. The van der Waals surface area contributed by atoms with E-state index in [0.717, 1.165) is 17.5 Å². The maximum absolute atomic E-state index is 16.7. The number of alkyl halides is 3. The van der Waals surface area contributed by atoms with Crippen LogP contribution in [0.15, 0.2) is 97.1 Å². The summed E-state index contributed by atoms with van der Waals surface area (Å²) in [6, 6.07) is 55.6. The Balaban J connectivity index is 1.83. The normalized spacial score (nSPS) is 16.1. The Morgan fingerprint density at radius 1 is 0.371 bits per heavy atom. The van der Waals surface area contributed by atoms with Crippen LogP contribution >= 0.6 is 16.8 Å². The van der Waals surface area contributed by atoms with Gasteiger partial charge < -0.3 is 0 Å². The Morgan fingerprint density at radius 3 is 0.809 bits per heavy atom. The second-order valence-electron chi connectivity index (χ2n) is 28.7. The van der Waals surface area contributed by atoms with Crippen LogP contribution in [0.25, 0.3) is 0 Å². The minimum atomic E-state index is -4.34. The Morgan fingerprint density at radius 2 is 0.596 bits per heavy atom. The van der Waals surface area contributed by atoms with E-state index in [1.54, 1.807) is 20.7 Å². The molecule has 0 saturated heterocycles. The molecule has 0 spiro atoms. The van der Waals surface area contributed by atoms with Crippen LogP contribution in [0.5, 0.6) is 0 Å². The molecule has 1 fully saturated rings. The summed E-state index contributed by atoms with van der Waals surface area (Å²) in [4.78, 5) is 4.28. The van der Waals surface area contributed by atoms with Crippen molar-refractivity contribution in [2.24, 2.45) is 5.92 Å². The van der Waals surface area contributed by atoms with Gasteiger partial charge in [-0.1, -0.05) is 434 Å². The average Bonchev–Trinajstić information content (AvgIpc) is 0.749. The second kappa shape index (κ2) is 40.7. The van der Waals surface area contributed by atoms with E-state index in [2.05, 4.69) is 185 Å². The van der Waals surface area contributed by atoms with Crippen LogP contribution in [-0.4, -0.2) is 44.1 Å². The predicted molar refractivity (Wildman–Crippen MR) is 410 cm³/mol. The molecule has 10 heteroatoms. The van der Waals surface area contributed by atoms with Crippen molar-refractivity contribution in [1.82, 2.24) is 4.86 Å². The lowest BCUT2D eigenvalue weighted by Gasteiger charge is -2.50. The number of unbranched alkanes of at least 4 members (excludes halogenated alkanes) is 12. The SMILES string of the molecule is CCCC[Si](CCCC)(CCCC)c1ccc(P(NPC2C(C(F)(F)F)CCCC2(c2ccc([Si](CCCC)(CCCC)CCCC)cc2)c2ccc([Si](CCCC)(CCCC)CCCC)cc2)c2ccc([Si](CCCC)(CCCC)CCCC)cc2)cc1. The summed E-state index contributed by atoms with van der Waals surface area (Å²) in [5.41, 5.74) is 0.755. The molecule has 0 amide bonds. The molecule has 0 aliphatic heterocycles. The van der Waals surface area contributed by atoms with E-state index in [1.165, 1.54) is 237 Å². The molecule has 4 aromatic carbocycles. The molecule has 3 unspecified atom stereocenters. The van der Waals surface area contributed by atoms with E-state index >= 15 is 13.2 Å². The van der Waals surface area contributed by atoms with E-state index in [4.69, 9.17) is 0 Å². The summed E-state index contributed by atoms with van der Waals surface area (Å²) in [6.07, 6.45) is 27.0. The average molecular weight is 1330 g/mol. The molecule has 1 nitrogen and oxygen atoms in total. The topological polar surface area (TPSA) is 12.0 Å². The fourth-order valence-corrected chi connectivity index (χ4v) is 43.6. The predicted octanol–water partition coefficient (Wildman–Crippen LogP) is 24.2. The number of hydrogen-bond acceptors (Lipinski definition) is 1. The molecule has 0 bridgehead atoms. The lowest BCUT2D eigenvalue weighted by atomic mass is 9.61. The highest BCUT2D eigenvalue weighted by molar-refractivity contribution is 7.76. The molecule has 1 N–H and O–H groups in total.